The van der Waals surface area contributed by atoms with Crippen molar-refractivity contribution in [3.63, 3.8) is 0 Å². The van der Waals surface area contributed by atoms with Gasteiger partial charge in [-0.25, -0.2) is 0 Å². The number of likely N-dealkylation sites (tertiary alicyclic amines) is 1. The highest BCUT2D eigenvalue weighted by Gasteiger charge is 2.26. The van der Waals surface area contributed by atoms with Crippen molar-refractivity contribution in [1.82, 2.24) is 4.90 Å². The minimum absolute atomic E-state index is 0.0269. The van der Waals surface area contributed by atoms with E-state index >= 15 is 0 Å². The van der Waals surface area contributed by atoms with E-state index in [2.05, 4.69) is 0 Å². The molecule has 1 rings (SSSR count). The van der Waals surface area contributed by atoms with Crippen LogP contribution in [0.2, 0.25) is 0 Å². The van der Waals surface area contributed by atoms with Crippen LogP contribution >= 0.6 is 0 Å². The highest BCUT2D eigenvalue weighted by molar-refractivity contribution is 5.75. The fourth-order valence-electron chi connectivity index (χ4n) is 1.46. The predicted molar refractivity (Wildman–Crippen MR) is 42.6 cm³/mol. The third-order valence-electron chi connectivity index (χ3n) is 2.22. The normalized spacial score (nSPS) is 23.8. The Hall–Kier alpha value is -1.06. The number of amides is 1. The van der Waals surface area contributed by atoms with Gasteiger partial charge in [-0.05, 0) is 12.8 Å². The van der Waals surface area contributed by atoms with E-state index in [9.17, 15) is 9.59 Å². The molecule has 0 bridgehead atoms. The Labute approximate surface area is 71.2 Å². The van der Waals surface area contributed by atoms with Crippen LogP contribution in [0, 0.1) is 5.92 Å². The molecule has 4 nitrogen and oxygen atoms in total. The van der Waals surface area contributed by atoms with Crippen LogP contribution in [0.3, 0.4) is 0 Å². The molecule has 68 valence electrons. The second-order valence-corrected chi connectivity index (χ2v) is 3.14. The lowest BCUT2D eigenvalue weighted by Crippen LogP contribution is -2.41. The Morgan fingerprint density at radius 3 is 2.67 bits per heavy atom. The summed E-state index contributed by atoms with van der Waals surface area (Å²) in [6, 6.07) is 0. The Kier molecular flexibility index (Phi) is 2.68. The van der Waals surface area contributed by atoms with Gasteiger partial charge >= 0.3 is 5.97 Å². The number of hydrogen-bond donors (Lipinski definition) is 1. The molecule has 0 spiro atoms. The number of hydrogen-bond acceptors (Lipinski definition) is 2. The molecule has 0 aliphatic carbocycles. The summed E-state index contributed by atoms with van der Waals surface area (Å²) in [6.07, 6.45) is 1.50. The maximum Gasteiger partial charge on any atom is 0.308 e. The van der Waals surface area contributed by atoms with Gasteiger partial charge in [0.2, 0.25) is 5.91 Å². The molecule has 1 fully saturated rings. The van der Waals surface area contributed by atoms with Crippen molar-refractivity contribution in [3.8, 4) is 0 Å². The first-order chi connectivity index (χ1) is 5.61. The van der Waals surface area contributed by atoms with E-state index in [0.29, 0.717) is 19.5 Å². The first-order valence-corrected chi connectivity index (χ1v) is 4.09. The smallest absolute Gasteiger partial charge is 0.308 e. The van der Waals surface area contributed by atoms with Gasteiger partial charge < -0.3 is 10.0 Å². The number of aliphatic carboxylic acids is 1. The van der Waals surface area contributed by atoms with Gasteiger partial charge in [0.1, 0.15) is 0 Å². The Morgan fingerprint density at radius 1 is 1.50 bits per heavy atom. The van der Waals surface area contributed by atoms with Crippen molar-refractivity contribution in [2.45, 2.75) is 19.8 Å². The molecule has 1 aliphatic rings. The second kappa shape index (κ2) is 3.56. The summed E-state index contributed by atoms with van der Waals surface area (Å²) in [5.74, 6) is -1.18. The zero-order valence-corrected chi connectivity index (χ0v) is 7.12. The molecule has 0 aromatic heterocycles. The van der Waals surface area contributed by atoms with Gasteiger partial charge in [0.25, 0.3) is 0 Å². The standard InChI is InChI=1S/C8H13NO3/c1-6(10)9-4-2-3-7(5-9)8(11)12/h7H,2-5H2,1H3,(H,11,12)/t7-/m1/s1. The van der Waals surface area contributed by atoms with E-state index in [1.165, 1.54) is 6.92 Å². The highest BCUT2D eigenvalue weighted by atomic mass is 16.4. The van der Waals surface area contributed by atoms with Crippen LogP contribution in [0.25, 0.3) is 0 Å². The van der Waals surface area contributed by atoms with Crippen LogP contribution in [-0.4, -0.2) is 35.0 Å². The van der Waals surface area contributed by atoms with Crippen molar-refractivity contribution in [3.05, 3.63) is 0 Å². The molecular weight excluding hydrogens is 158 g/mol. The maximum absolute atomic E-state index is 10.9. The van der Waals surface area contributed by atoms with Crippen molar-refractivity contribution in [1.29, 1.82) is 0 Å². The molecular formula is C8H13NO3. The van der Waals surface area contributed by atoms with Crippen LogP contribution in [0.15, 0.2) is 0 Å². The lowest BCUT2D eigenvalue weighted by molar-refractivity contribution is -0.145. The Balaban J connectivity index is 2.51. The van der Waals surface area contributed by atoms with E-state index in [0.717, 1.165) is 6.42 Å². The van der Waals surface area contributed by atoms with Crippen molar-refractivity contribution in [2.75, 3.05) is 13.1 Å². The molecule has 1 heterocycles. The van der Waals surface area contributed by atoms with Crippen LogP contribution < -0.4 is 0 Å². The molecule has 1 N–H and O–H groups in total. The van der Waals surface area contributed by atoms with Gasteiger partial charge in [-0.15, -0.1) is 0 Å². The summed E-state index contributed by atoms with van der Waals surface area (Å²) in [6.45, 7) is 2.56. The van der Waals surface area contributed by atoms with E-state index < -0.39 is 5.97 Å². The average Bonchev–Trinajstić information content (AvgIpc) is 2.04. The summed E-state index contributed by atoms with van der Waals surface area (Å²) in [4.78, 5) is 23.1. The first-order valence-electron chi connectivity index (χ1n) is 4.09. The molecule has 0 radical (unpaired) electrons. The predicted octanol–water partition coefficient (Wildman–Crippen LogP) is 0.329. The van der Waals surface area contributed by atoms with Crippen LogP contribution in [0.5, 0.6) is 0 Å². The largest absolute Gasteiger partial charge is 0.481 e. The monoisotopic (exact) mass is 171 g/mol. The Morgan fingerprint density at radius 2 is 2.17 bits per heavy atom. The van der Waals surface area contributed by atoms with Crippen LogP contribution in [0.1, 0.15) is 19.8 Å². The van der Waals surface area contributed by atoms with Gasteiger partial charge in [0.15, 0.2) is 0 Å². The van der Waals surface area contributed by atoms with Crippen molar-refractivity contribution in [2.24, 2.45) is 5.92 Å². The fourth-order valence-corrected chi connectivity index (χ4v) is 1.46. The number of piperidine rings is 1. The minimum Gasteiger partial charge on any atom is -0.481 e. The number of carboxylic acid groups (broad SMARTS) is 1. The third-order valence-corrected chi connectivity index (χ3v) is 2.22. The first kappa shape index (κ1) is 9.03. The molecule has 1 atom stereocenters. The molecule has 0 unspecified atom stereocenters. The van der Waals surface area contributed by atoms with Crippen molar-refractivity contribution >= 4 is 11.9 Å². The molecule has 0 saturated carbocycles. The fraction of sp³-hybridized carbons (Fsp3) is 0.750. The van der Waals surface area contributed by atoms with E-state index in [4.69, 9.17) is 5.11 Å². The number of rotatable bonds is 1. The quantitative estimate of drug-likeness (QED) is 0.618. The molecule has 0 aromatic rings. The second-order valence-electron chi connectivity index (χ2n) is 3.14. The van der Waals surface area contributed by atoms with E-state index in [1.807, 2.05) is 0 Å². The third kappa shape index (κ3) is 1.96. The molecule has 4 heteroatoms. The summed E-state index contributed by atoms with van der Waals surface area (Å²) >= 11 is 0. The zero-order valence-electron chi connectivity index (χ0n) is 7.12. The molecule has 1 aliphatic heterocycles. The van der Waals surface area contributed by atoms with Gasteiger partial charge in [-0.3, -0.25) is 9.59 Å². The number of carbonyl (C=O) groups is 2. The molecule has 12 heavy (non-hydrogen) atoms. The van der Waals surface area contributed by atoms with Gasteiger partial charge in [0, 0.05) is 20.0 Å². The van der Waals surface area contributed by atoms with Gasteiger partial charge in [0.05, 0.1) is 5.92 Å². The number of carbonyl (C=O) groups excluding carboxylic acids is 1. The lowest BCUT2D eigenvalue weighted by Gasteiger charge is -2.29. The Bertz CT molecular complexity index is 182. The highest BCUT2D eigenvalue weighted by Crippen LogP contribution is 2.16. The SMILES string of the molecule is CC(=O)N1CCC[C@@H](C(=O)O)C1. The van der Waals surface area contributed by atoms with Gasteiger partial charge in [-0.1, -0.05) is 0 Å². The summed E-state index contributed by atoms with van der Waals surface area (Å²) in [7, 11) is 0. The van der Waals surface area contributed by atoms with E-state index in [1.54, 1.807) is 4.90 Å². The van der Waals surface area contributed by atoms with E-state index in [-0.39, 0.29) is 11.8 Å². The summed E-state index contributed by atoms with van der Waals surface area (Å²) in [5.41, 5.74) is 0. The molecule has 1 amide bonds. The molecule has 1 saturated heterocycles. The minimum atomic E-state index is -0.791. The topological polar surface area (TPSA) is 57.6 Å². The van der Waals surface area contributed by atoms with Gasteiger partial charge in [-0.2, -0.15) is 0 Å². The number of carboxylic acids is 1. The molecule has 0 aromatic carbocycles. The summed E-state index contributed by atoms with van der Waals surface area (Å²) in [5, 5.41) is 8.70. The van der Waals surface area contributed by atoms with Crippen molar-refractivity contribution < 1.29 is 14.7 Å². The van der Waals surface area contributed by atoms with Crippen LogP contribution in [0.4, 0.5) is 0 Å². The maximum atomic E-state index is 10.9. The van der Waals surface area contributed by atoms with Crippen LogP contribution in [-0.2, 0) is 9.59 Å². The summed E-state index contributed by atoms with van der Waals surface area (Å²) < 4.78 is 0. The lowest BCUT2D eigenvalue weighted by atomic mass is 9.98. The zero-order chi connectivity index (χ0) is 9.14. The average molecular weight is 171 g/mol. The number of nitrogens with zero attached hydrogens (tertiary/aromatic N) is 1.